The fraction of sp³-hybridized carbons (Fsp3) is 0.214. The number of carbonyl (C=O) groups excluding carboxylic acids is 1. The second-order valence-corrected chi connectivity index (χ2v) is 5.53. The highest BCUT2D eigenvalue weighted by atomic mass is 16.5. The third-order valence-electron chi connectivity index (χ3n) is 3.83. The van der Waals surface area contributed by atoms with E-state index in [9.17, 15) is 19.7 Å². The van der Waals surface area contributed by atoms with E-state index in [1.807, 2.05) is 0 Å². The Labute approximate surface area is 147 Å². The van der Waals surface area contributed by atoms with E-state index in [0.717, 1.165) is 0 Å². The number of oxime groups is 1. The lowest BCUT2D eigenvalue weighted by Crippen LogP contribution is -2.54. The molecule has 1 aromatic carbocycles. The van der Waals surface area contributed by atoms with Crippen LogP contribution in [0.25, 0.3) is 0 Å². The Morgan fingerprint density at radius 1 is 1.46 bits per heavy atom. The van der Waals surface area contributed by atoms with Crippen LogP contribution in [0.5, 0.6) is 5.75 Å². The van der Waals surface area contributed by atoms with Gasteiger partial charge in [-0.25, -0.2) is 14.5 Å². The number of aromatic carboxylic acids is 1. The van der Waals surface area contributed by atoms with Gasteiger partial charge in [0.1, 0.15) is 18.4 Å². The summed E-state index contributed by atoms with van der Waals surface area (Å²) < 4.78 is 6.58. The summed E-state index contributed by atoms with van der Waals surface area (Å²) in [5.74, 6) is -2.70. The van der Waals surface area contributed by atoms with Crippen molar-refractivity contribution in [2.45, 2.75) is 18.9 Å². The fourth-order valence-electron chi connectivity index (χ4n) is 2.58. The van der Waals surface area contributed by atoms with Crippen molar-refractivity contribution in [3.8, 4) is 5.75 Å². The maximum atomic E-state index is 12.3. The molecule has 2 aromatic rings. The highest BCUT2D eigenvalue weighted by Crippen LogP contribution is 2.30. The van der Waals surface area contributed by atoms with Gasteiger partial charge in [0, 0.05) is 0 Å². The summed E-state index contributed by atoms with van der Waals surface area (Å²) in [6.07, 6.45) is 2.76. The van der Waals surface area contributed by atoms with E-state index in [4.69, 9.17) is 9.86 Å². The van der Waals surface area contributed by atoms with Crippen molar-refractivity contribution in [3.05, 3.63) is 42.0 Å². The molecule has 1 amide bonds. The molecule has 134 valence electrons. The molecule has 11 nitrogen and oxygen atoms in total. The molecule has 0 spiro atoms. The molecular weight excluding hydrogens is 345 g/mol. The van der Waals surface area contributed by atoms with Gasteiger partial charge >= 0.3 is 13.1 Å². The van der Waals surface area contributed by atoms with Gasteiger partial charge in [-0.05, 0) is 18.1 Å². The summed E-state index contributed by atoms with van der Waals surface area (Å²) in [5, 5.41) is 37.6. The monoisotopic (exact) mass is 359 g/mol. The lowest BCUT2D eigenvalue weighted by Gasteiger charge is -2.28. The number of hydrogen-bond acceptors (Lipinski definition) is 8. The Balaban J connectivity index is 1.73. The second kappa shape index (κ2) is 7.23. The minimum absolute atomic E-state index is 0.0664. The third-order valence-corrected chi connectivity index (χ3v) is 3.83. The molecule has 26 heavy (non-hydrogen) atoms. The second-order valence-electron chi connectivity index (χ2n) is 5.53. The molecule has 12 heteroatoms. The lowest BCUT2D eigenvalue weighted by molar-refractivity contribution is -0.115. The Morgan fingerprint density at radius 3 is 2.92 bits per heavy atom. The molecule has 1 aromatic heterocycles. The van der Waals surface area contributed by atoms with Crippen LogP contribution in [0.2, 0.25) is 0 Å². The smallest absolute Gasteiger partial charge is 0.534 e. The summed E-state index contributed by atoms with van der Waals surface area (Å²) in [6, 6.07) is 4.55. The number of nitrogens with zero attached hydrogens (tertiary/aromatic N) is 4. The molecule has 0 fully saturated rings. The predicted molar refractivity (Wildman–Crippen MR) is 86.9 cm³/mol. The van der Waals surface area contributed by atoms with Gasteiger partial charge in [-0.15, -0.1) is 0 Å². The molecule has 0 radical (unpaired) electrons. The Bertz CT molecular complexity index is 856. The van der Waals surface area contributed by atoms with Crippen molar-refractivity contribution in [2.75, 3.05) is 0 Å². The third kappa shape index (κ3) is 3.49. The molecule has 4 N–H and O–H groups in total. The molecule has 1 aliphatic heterocycles. The van der Waals surface area contributed by atoms with Crippen LogP contribution in [0.4, 0.5) is 0 Å². The maximum absolute atomic E-state index is 12.3. The first-order chi connectivity index (χ1) is 12.5. The SMILES string of the molecule is O=C(NC1Cc2cccc(C(=O)O)c2OB1O)C(Cn1cncn1)=NO. The van der Waals surface area contributed by atoms with E-state index >= 15 is 0 Å². The number of nitrogens with one attached hydrogen (secondary N) is 1. The van der Waals surface area contributed by atoms with Crippen molar-refractivity contribution in [1.82, 2.24) is 20.1 Å². The van der Waals surface area contributed by atoms with Crippen molar-refractivity contribution in [2.24, 2.45) is 5.16 Å². The van der Waals surface area contributed by atoms with Crippen molar-refractivity contribution < 1.29 is 29.6 Å². The van der Waals surface area contributed by atoms with Gasteiger partial charge in [0.2, 0.25) is 0 Å². The molecule has 1 aliphatic rings. The number of aromatic nitrogens is 3. The molecule has 0 saturated carbocycles. The van der Waals surface area contributed by atoms with Crippen molar-refractivity contribution >= 4 is 24.7 Å². The zero-order valence-corrected chi connectivity index (χ0v) is 13.3. The summed E-state index contributed by atoms with van der Waals surface area (Å²) >= 11 is 0. The van der Waals surface area contributed by atoms with E-state index in [-0.39, 0.29) is 30.0 Å². The summed E-state index contributed by atoms with van der Waals surface area (Å²) in [5.41, 5.74) is 0.210. The van der Waals surface area contributed by atoms with Gasteiger partial charge in [0.25, 0.3) is 5.91 Å². The molecular formula is C14H14BN5O6. The zero-order chi connectivity index (χ0) is 18.7. The van der Waals surface area contributed by atoms with Crippen LogP contribution >= 0.6 is 0 Å². The van der Waals surface area contributed by atoms with E-state index in [1.165, 1.54) is 23.4 Å². The van der Waals surface area contributed by atoms with Crippen LogP contribution in [-0.2, 0) is 17.8 Å². The summed E-state index contributed by atoms with van der Waals surface area (Å²) in [4.78, 5) is 27.2. The number of amides is 1. The van der Waals surface area contributed by atoms with Crippen molar-refractivity contribution in [3.63, 3.8) is 0 Å². The van der Waals surface area contributed by atoms with Crippen molar-refractivity contribution in [1.29, 1.82) is 0 Å². The number of benzene rings is 1. The first-order valence-corrected chi connectivity index (χ1v) is 7.53. The van der Waals surface area contributed by atoms with E-state index in [0.29, 0.717) is 5.56 Å². The molecule has 0 aliphatic carbocycles. The topological polar surface area (TPSA) is 159 Å². The maximum Gasteiger partial charge on any atom is 0.547 e. The number of carbonyl (C=O) groups is 2. The number of hydrogen-bond donors (Lipinski definition) is 4. The van der Waals surface area contributed by atoms with Gasteiger partial charge < -0.3 is 25.3 Å². The van der Waals surface area contributed by atoms with Crippen LogP contribution in [0.15, 0.2) is 36.0 Å². The Kier molecular flexibility index (Phi) is 4.84. The Hall–Kier alpha value is -3.41. The van der Waals surface area contributed by atoms with Crippen LogP contribution in [0, 0.1) is 0 Å². The average molecular weight is 359 g/mol. The molecule has 1 unspecified atom stereocenters. The van der Waals surface area contributed by atoms with Crippen LogP contribution in [-0.4, -0.2) is 60.8 Å². The molecule has 0 saturated heterocycles. The van der Waals surface area contributed by atoms with Crippen LogP contribution < -0.4 is 9.97 Å². The molecule has 3 rings (SSSR count). The first kappa shape index (κ1) is 17.4. The van der Waals surface area contributed by atoms with E-state index < -0.39 is 24.9 Å². The number of para-hydroxylation sites is 1. The quantitative estimate of drug-likeness (QED) is 0.228. The average Bonchev–Trinajstić information content (AvgIpc) is 3.12. The molecule has 1 atom stereocenters. The predicted octanol–water partition coefficient (Wildman–Crippen LogP) is -1.05. The minimum Gasteiger partial charge on any atom is -0.534 e. The van der Waals surface area contributed by atoms with Gasteiger partial charge in [0.05, 0.1) is 18.0 Å². The molecule has 0 bridgehead atoms. The first-order valence-electron chi connectivity index (χ1n) is 7.53. The number of carboxylic acids is 1. The number of carboxylic acid groups (broad SMARTS) is 1. The van der Waals surface area contributed by atoms with Crippen LogP contribution in [0.1, 0.15) is 15.9 Å². The highest BCUT2D eigenvalue weighted by Gasteiger charge is 2.38. The van der Waals surface area contributed by atoms with E-state index in [2.05, 4.69) is 20.6 Å². The van der Waals surface area contributed by atoms with Gasteiger partial charge in [-0.3, -0.25) is 4.79 Å². The normalized spacial score (nSPS) is 16.6. The van der Waals surface area contributed by atoms with Crippen LogP contribution in [0.3, 0.4) is 0 Å². The standard InChI is InChI=1S/C14H14BN5O6/c21-13(10(19-25)5-20-7-16-6-17-20)18-11-4-8-2-1-3-9(14(22)23)12(8)26-15(11)24/h1-3,6-7,11,24-25H,4-5H2,(H,18,21)(H,22,23). The van der Waals surface area contributed by atoms with Gasteiger partial charge in [-0.1, -0.05) is 17.3 Å². The minimum atomic E-state index is -1.46. The largest absolute Gasteiger partial charge is 0.547 e. The lowest BCUT2D eigenvalue weighted by atomic mass is 9.72. The molecule has 2 heterocycles. The number of rotatable bonds is 5. The van der Waals surface area contributed by atoms with Gasteiger partial charge in [0.15, 0.2) is 5.71 Å². The fourth-order valence-corrected chi connectivity index (χ4v) is 2.58. The summed E-state index contributed by atoms with van der Waals surface area (Å²) in [6.45, 7) is -0.119. The highest BCUT2D eigenvalue weighted by molar-refractivity contribution is 6.48. The van der Waals surface area contributed by atoms with Gasteiger partial charge in [-0.2, -0.15) is 5.10 Å². The Morgan fingerprint density at radius 2 is 2.27 bits per heavy atom. The summed E-state index contributed by atoms with van der Waals surface area (Å²) in [7, 11) is -1.46. The van der Waals surface area contributed by atoms with E-state index in [1.54, 1.807) is 12.1 Å². The number of fused-ring (bicyclic) bond motifs is 1. The zero-order valence-electron chi connectivity index (χ0n) is 13.3.